The predicted octanol–water partition coefficient (Wildman–Crippen LogP) is 2.72. The van der Waals surface area contributed by atoms with Crippen molar-refractivity contribution in [1.29, 1.82) is 10.7 Å². The lowest BCUT2D eigenvalue weighted by molar-refractivity contribution is -0.137. The molecule has 0 aromatic heterocycles. The molecule has 0 aliphatic heterocycles. The highest BCUT2D eigenvalue weighted by Crippen LogP contribution is 2.34. The van der Waals surface area contributed by atoms with E-state index in [9.17, 15) is 13.2 Å². The van der Waals surface area contributed by atoms with E-state index >= 15 is 0 Å². The molecule has 0 spiro atoms. The number of anilines is 1. The molecule has 1 aromatic rings. The fourth-order valence-electron chi connectivity index (χ4n) is 1.43. The molecule has 118 valence electrons. The van der Waals surface area contributed by atoms with E-state index in [1.54, 1.807) is 19.9 Å². The van der Waals surface area contributed by atoms with Crippen LogP contribution in [-0.2, 0) is 6.18 Å². The third-order valence-electron chi connectivity index (χ3n) is 2.26. The third kappa shape index (κ3) is 4.97. The number of halogens is 3. The Morgan fingerprint density at radius 3 is 2.50 bits per heavy atom. The number of hydrazone groups is 1. The summed E-state index contributed by atoms with van der Waals surface area (Å²) in [7, 11) is 0. The average Bonchev–Trinajstić information content (AvgIpc) is 2.36. The molecule has 1 rings (SSSR count). The van der Waals surface area contributed by atoms with Gasteiger partial charge in [0.2, 0.25) is 5.71 Å². The summed E-state index contributed by atoms with van der Waals surface area (Å²) in [5.41, 5.74) is 5.95. The molecule has 0 saturated carbocycles. The quantitative estimate of drug-likeness (QED) is 0.441. The third-order valence-corrected chi connectivity index (χ3v) is 2.26. The van der Waals surface area contributed by atoms with E-state index < -0.39 is 23.3 Å². The lowest BCUT2D eigenvalue weighted by Crippen LogP contribution is -2.22. The molecule has 0 aliphatic carbocycles. The number of alkyl halides is 3. The van der Waals surface area contributed by atoms with Gasteiger partial charge in [0.1, 0.15) is 11.8 Å². The maximum Gasteiger partial charge on any atom is 0.416 e. The van der Waals surface area contributed by atoms with Crippen LogP contribution in [0.4, 0.5) is 18.9 Å². The monoisotopic (exact) mass is 313 g/mol. The number of ether oxygens (including phenoxy) is 1. The summed E-state index contributed by atoms with van der Waals surface area (Å²) in [4.78, 5) is 0. The number of nitriles is 1. The molecule has 0 radical (unpaired) electrons. The number of amidine groups is 1. The first-order valence-electron chi connectivity index (χ1n) is 6.10. The van der Waals surface area contributed by atoms with E-state index in [4.69, 9.17) is 21.1 Å². The van der Waals surface area contributed by atoms with Gasteiger partial charge in [0.25, 0.3) is 0 Å². The number of nitrogens with one attached hydrogen (secondary N) is 2. The lowest BCUT2D eigenvalue weighted by Gasteiger charge is -2.14. The molecule has 0 saturated heterocycles. The zero-order valence-corrected chi connectivity index (χ0v) is 11.8. The van der Waals surface area contributed by atoms with Crippen LogP contribution >= 0.6 is 0 Å². The highest BCUT2D eigenvalue weighted by molar-refractivity contribution is 6.45. The van der Waals surface area contributed by atoms with E-state index in [0.29, 0.717) is 0 Å². The van der Waals surface area contributed by atoms with Gasteiger partial charge in [0, 0.05) is 6.07 Å². The van der Waals surface area contributed by atoms with Gasteiger partial charge in [0.15, 0.2) is 5.84 Å². The Morgan fingerprint density at radius 2 is 2.05 bits per heavy atom. The van der Waals surface area contributed by atoms with Gasteiger partial charge in [0.05, 0.1) is 17.4 Å². The van der Waals surface area contributed by atoms with E-state index in [2.05, 4.69) is 10.5 Å². The summed E-state index contributed by atoms with van der Waals surface area (Å²) in [5, 5.41) is 19.2. The Kier molecular flexibility index (Phi) is 5.34. The van der Waals surface area contributed by atoms with Crippen LogP contribution in [0.1, 0.15) is 19.4 Å². The minimum Gasteiger partial charge on any atom is -0.491 e. The van der Waals surface area contributed by atoms with Crippen molar-refractivity contribution >= 4 is 17.2 Å². The summed E-state index contributed by atoms with van der Waals surface area (Å²) < 4.78 is 43.8. The Labute approximate surface area is 124 Å². The second-order valence-electron chi connectivity index (χ2n) is 4.51. The largest absolute Gasteiger partial charge is 0.491 e. The standard InChI is InChI=1S/C13H14F3N5O/c1-7(2)22-10-4-8(13(14,15)16)3-9(5-10)20-21-11(6-17)12(18)19/h3-5,7,20H,1-2H3,(H3,18,19)/b21-11+. The summed E-state index contributed by atoms with van der Waals surface area (Å²) in [6, 6.07) is 4.52. The Bertz CT molecular complexity index is 632. The van der Waals surface area contributed by atoms with Crippen LogP contribution in [0.25, 0.3) is 0 Å². The summed E-state index contributed by atoms with van der Waals surface area (Å²) in [6.07, 6.45) is -4.87. The zero-order chi connectivity index (χ0) is 16.9. The second kappa shape index (κ2) is 6.80. The highest BCUT2D eigenvalue weighted by atomic mass is 19.4. The van der Waals surface area contributed by atoms with E-state index in [1.165, 1.54) is 6.07 Å². The van der Waals surface area contributed by atoms with Crippen molar-refractivity contribution in [2.45, 2.75) is 26.1 Å². The number of hydrogen-bond donors (Lipinski definition) is 3. The van der Waals surface area contributed by atoms with E-state index in [0.717, 1.165) is 12.1 Å². The van der Waals surface area contributed by atoms with Crippen molar-refractivity contribution in [3.05, 3.63) is 23.8 Å². The van der Waals surface area contributed by atoms with Crippen molar-refractivity contribution in [2.75, 3.05) is 5.43 Å². The van der Waals surface area contributed by atoms with Gasteiger partial charge in [-0.3, -0.25) is 10.8 Å². The molecule has 0 unspecified atom stereocenters. The maximum atomic E-state index is 12.9. The van der Waals surface area contributed by atoms with Crippen molar-refractivity contribution in [1.82, 2.24) is 0 Å². The molecular weight excluding hydrogens is 299 g/mol. The molecule has 6 nitrogen and oxygen atoms in total. The Hall–Kier alpha value is -2.76. The van der Waals surface area contributed by atoms with Crippen LogP contribution in [0.5, 0.6) is 5.75 Å². The summed E-state index contributed by atoms with van der Waals surface area (Å²) >= 11 is 0. The van der Waals surface area contributed by atoms with Crippen molar-refractivity contribution in [2.24, 2.45) is 10.8 Å². The second-order valence-corrected chi connectivity index (χ2v) is 4.51. The van der Waals surface area contributed by atoms with Crippen LogP contribution in [0.15, 0.2) is 23.3 Å². The molecule has 0 bridgehead atoms. The average molecular weight is 313 g/mol. The molecule has 0 fully saturated rings. The predicted molar refractivity (Wildman–Crippen MR) is 75.8 cm³/mol. The van der Waals surface area contributed by atoms with Gasteiger partial charge in [-0.1, -0.05) is 0 Å². The number of nitrogens with zero attached hydrogens (tertiary/aromatic N) is 2. The first kappa shape index (κ1) is 17.3. The number of hydrogen-bond acceptors (Lipinski definition) is 5. The molecule has 0 amide bonds. The molecule has 1 aromatic carbocycles. The van der Waals surface area contributed by atoms with Gasteiger partial charge < -0.3 is 10.5 Å². The van der Waals surface area contributed by atoms with Gasteiger partial charge >= 0.3 is 6.18 Å². The van der Waals surface area contributed by atoms with Crippen LogP contribution < -0.4 is 15.9 Å². The molecular formula is C13H14F3N5O. The minimum absolute atomic E-state index is 0.00357. The lowest BCUT2D eigenvalue weighted by atomic mass is 10.2. The summed E-state index contributed by atoms with van der Waals surface area (Å²) in [5.74, 6) is -0.593. The van der Waals surface area contributed by atoms with Crippen LogP contribution in [0.3, 0.4) is 0 Å². The molecule has 9 heteroatoms. The van der Waals surface area contributed by atoms with Crippen molar-refractivity contribution in [3.63, 3.8) is 0 Å². The van der Waals surface area contributed by atoms with Gasteiger partial charge in [-0.25, -0.2) is 0 Å². The topological polar surface area (TPSA) is 107 Å². The van der Waals surface area contributed by atoms with Crippen molar-refractivity contribution < 1.29 is 17.9 Å². The zero-order valence-electron chi connectivity index (χ0n) is 11.8. The fourth-order valence-corrected chi connectivity index (χ4v) is 1.43. The van der Waals surface area contributed by atoms with Crippen LogP contribution in [-0.4, -0.2) is 17.7 Å². The maximum absolute atomic E-state index is 12.9. The van der Waals surface area contributed by atoms with Crippen LogP contribution in [0.2, 0.25) is 0 Å². The first-order valence-corrected chi connectivity index (χ1v) is 6.10. The fraction of sp³-hybridized carbons (Fsp3) is 0.308. The van der Waals surface area contributed by atoms with E-state index in [-0.39, 0.29) is 17.5 Å². The highest BCUT2D eigenvalue weighted by Gasteiger charge is 2.31. The normalized spacial score (nSPS) is 12.0. The molecule has 0 atom stereocenters. The summed E-state index contributed by atoms with van der Waals surface area (Å²) in [6.45, 7) is 3.35. The van der Waals surface area contributed by atoms with Gasteiger partial charge in [-0.15, -0.1) is 0 Å². The Morgan fingerprint density at radius 1 is 1.41 bits per heavy atom. The molecule has 4 N–H and O–H groups in total. The minimum atomic E-state index is -4.56. The molecule has 0 heterocycles. The first-order chi connectivity index (χ1) is 10.1. The van der Waals surface area contributed by atoms with E-state index in [1.807, 2.05) is 0 Å². The molecule has 22 heavy (non-hydrogen) atoms. The van der Waals surface area contributed by atoms with Gasteiger partial charge in [-0.05, 0) is 26.0 Å². The van der Waals surface area contributed by atoms with Crippen LogP contribution in [0, 0.1) is 16.7 Å². The smallest absolute Gasteiger partial charge is 0.416 e. The SMILES string of the molecule is CC(C)Oc1cc(N/N=C(\C#N)C(=N)N)cc(C(F)(F)F)c1. The van der Waals surface area contributed by atoms with Gasteiger partial charge in [-0.2, -0.15) is 23.5 Å². The molecule has 0 aliphatic rings. The number of nitrogens with two attached hydrogens (primary N) is 1. The Balaban J connectivity index is 3.18. The van der Waals surface area contributed by atoms with Crippen molar-refractivity contribution in [3.8, 4) is 11.8 Å². The number of rotatable bonds is 5. The number of benzene rings is 1.